The van der Waals surface area contributed by atoms with Crippen LogP contribution in [0.4, 0.5) is 0 Å². The number of allylic oxidation sites excluding steroid dienone is 1. The molecule has 0 bridgehead atoms. The maximum atomic E-state index is 8.98. The lowest BCUT2D eigenvalue weighted by atomic mass is 10.1. The highest BCUT2D eigenvalue weighted by Crippen LogP contribution is 2.19. The summed E-state index contributed by atoms with van der Waals surface area (Å²) in [6.45, 7) is 6.18. The van der Waals surface area contributed by atoms with Crippen molar-refractivity contribution in [1.29, 1.82) is 0 Å². The van der Waals surface area contributed by atoms with Gasteiger partial charge in [0.2, 0.25) is 0 Å². The largest absolute Gasteiger partial charge is 0.389 e. The molecule has 5 heteroatoms. The zero-order valence-corrected chi connectivity index (χ0v) is 13.0. The quantitative estimate of drug-likeness (QED) is 0.642. The van der Waals surface area contributed by atoms with Crippen LogP contribution in [0.2, 0.25) is 0 Å². The average Bonchev–Trinajstić information content (AvgIpc) is 2.77. The fourth-order valence-electron chi connectivity index (χ4n) is 1.48. The van der Waals surface area contributed by atoms with E-state index in [1.807, 2.05) is 18.4 Å². The molecule has 1 aromatic rings. The van der Waals surface area contributed by atoms with Crippen LogP contribution in [-0.4, -0.2) is 16.2 Å². The first-order valence-corrected chi connectivity index (χ1v) is 7.14. The minimum absolute atomic E-state index is 0.00111. The fraction of sp³-hybridized carbons (Fsp3) is 0.462. The summed E-state index contributed by atoms with van der Waals surface area (Å²) in [5.74, 6) is 0. The Morgan fingerprint density at radius 1 is 1.56 bits per heavy atom. The van der Waals surface area contributed by atoms with Crippen LogP contribution in [0.5, 0.6) is 0 Å². The van der Waals surface area contributed by atoms with E-state index in [9.17, 15) is 0 Å². The summed E-state index contributed by atoms with van der Waals surface area (Å²) in [5, 5.41) is 11.7. The van der Waals surface area contributed by atoms with E-state index >= 15 is 0 Å². The molecule has 0 spiro atoms. The summed E-state index contributed by atoms with van der Waals surface area (Å²) in [5.41, 5.74) is 3.29. The van der Waals surface area contributed by atoms with Gasteiger partial charge in [-0.2, -0.15) is 0 Å². The second-order valence-electron chi connectivity index (χ2n) is 4.35. The van der Waals surface area contributed by atoms with Gasteiger partial charge in [0.1, 0.15) is 5.01 Å². The first-order valence-electron chi connectivity index (χ1n) is 5.79. The maximum Gasteiger partial charge on any atom is 0.119 e. The third-order valence-corrected chi connectivity index (χ3v) is 3.67. The van der Waals surface area contributed by atoms with E-state index in [-0.39, 0.29) is 12.7 Å². The first-order chi connectivity index (χ1) is 8.56. The molecular weight excluding hydrogens is 265 g/mol. The minimum atomic E-state index is -0.00111. The third-order valence-electron chi connectivity index (χ3n) is 2.49. The number of thiazole rings is 1. The van der Waals surface area contributed by atoms with Gasteiger partial charge in [0.05, 0.1) is 18.4 Å². The number of aromatic nitrogens is 1. The molecule has 3 nitrogen and oxygen atoms in total. The van der Waals surface area contributed by atoms with Gasteiger partial charge in [-0.1, -0.05) is 11.6 Å². The van der Waals surface area contributed by atoms with Gasteiger partial charge in [0, 0.05) is 14.8 Å². The summed E-state index contributed by atoms with van der Waals surface area (Å²) in [4.78, 5) is 4.30. The molecule has 0 aromatic carbocycles. The Kier molecular flexibility index (Phi) is 6.72. The summed E-state index contributed by atoms with van der Waals surface area (Å²) >= 11 is 1.47. The molecule has 0 radical (unpaired) electrons. The highest BCUT2D eigenvalue weighted by molar-refractivity contribution is 7.10. The molecule has 0 fully saturated rings. The van der Waals surface area contributed by atoms with E-state index in [1.54, 1.807) is 0 Å². The summed E-state index contributed by atoms with van der Waals surface area (Å²) < 4.78 is 5.40. The highest BCUT2D eigenvalue weighted by atomic mass is 32.1. The van der Waals surface area contributed by atoms with E-state index in [1.165, 1.54) is 16.9 Å². The third kappa shape index (κ3) is 4.99. The lowest BCUT2D eigenvalue weighted by Gasteiger charge is -2.13. The zero-order valence-electron chi connectivity index (χ0n) is 11.0. The normalized spacial score (nSPS) is 13.5. The van der Waals surface area contributed by atoms with Crippen LogP contribution < -0.4 is 0 Å². The monoisotopic (exact) mass is 285 g/mol. The number of rotatable bonds is 6. The summed E-state index contributed by atoms with van der Waals surface area (Å²) in [6, 6.07) is 0. The van der Waals surface area contributed by atoms with Crippen molar-refractivity contribution in [2.45, 2.75) is 39.9 Å². The van der Waals surface area contributed by atoms with E-state index in [0.29, 0.717) is 0 Å². The summed E-state index contributed by atoms with van der Waals surface area (Å²) in [6.07, 6.45) is 5.06. The van der Waals surface area contributed by atoms with E-state index in [2.05, 4.69) is 34.4 Å². The van der Waals surface area contributed by atoms with Crippen LogP contribution in [-0.2, 0) is 11.1 Å². The molecule has 1 rings (SSSR count). The maximum absolute atomic E-state index is 8.98. The molecular formula is C13H20NO2PS. The zero-order chi connectivity index (χ0) is 13.5. The molecule has 18 heavy (non-hydrogen) atoms. The van der Waals surface area contributed by atoms with Gasteiger partial charge >= 0.3 is 0 Å². The predicted octanol–water partition coefficient (Wildman–Crippen LogP) is 3.57. The van der Waals surface area contributed by atoms with Gasteiger partial charge in [-0.15, -0.1) is 11.3 Å². The Morgan fingerprint density at radius 3 is 2.78 bits per heavy atom. The number of aliphatic hydroxyl groups excluding tert-OH is 1. The summed E-state index contributed by atoms with van der Waals surface area (Å²) in [7, 11) is 2.32. The lowest BCUT2D eigenvalue weighted by Crippen LogP contribution is -2.08. The Labute approximate surface area is 115 Å². The topological polar surface area (TPSA) is 42.4 Å². The van der Waals surface area contributed by atoms with Crippen molar-refractivity contribution >= 4 is 26.9 Å². The molecule has 0 saturated carbocycles. The van der Waals surface area contributed by atoms with Crippen molar-refractivity contribution in [1.82, 2.24) is 4.98 Å². The molecule has 2 atom stereocenters. The Bertz CT molecular complexity index is 436. The van der Waals surface area contributed by atoms with Crippen molar-refractivity contribution in [3.05, 3.63) is 33.3 Å². The smallest absolute Gasteiger partial charge is 0.119 e. The number of aliphatic hydroxyl groups is 1. The van der Waals surface area contributed by atoms with Gasteiger partial charge in [0.25, 0.3) is 0 Å². The SMILES string of the molecule is CC(C)=CCC(OP)/C(C)=C/c1csc(CO)n1. The van der Waals surface area contributed by atoms with Gasteiger partial charge in [-0.05, 0) is 38.8 Å². The van der Waals surface area contributed by atoms with Crippen molar-refractivity contribution < 1.29 is 9.63 Å². The number of hydrogen-bond acceptors (Lipinski definition) is 4. The molecule has 0 aliphatic rings. The van der Waals surface area contributed by atoms with Gasteiger partial charge in [-0.3, -0.25) is 0 Å². The van der Waals surface area contributed by atoms with Crippen LogP contribution in [0.15, 0.2) is 22.6 Å². The Hall–Kier alpha value is -0.540. The molecule has 1 N–H and O–H groups in total. The van der Waals surface area contributed by atoms with Crippen LogP contribution in [0, 0.1) is 0 Å². The molecule has 0 aliphatic carbocycles. The predicted molar refractivity (Wildman–Crippen MR) is 80.3 cm³/mol. The molecule has 2 unspecified atom stereocenters. The minimum Gasteiger partial charge on any atom is -0.389 e. The second kappa shape index (κ2) is 7.80. The molecule has 1 aromatic heterocycles. The van der Waals surface area contributed by atoms with Crippen molar-refractivity contribution in [3.63, 3.8) is 0 Å². The molecule has 0 amide bonds. The molecule has 0 aliphatic heterocycles. The molecule has 100 valence electrons. The Morgan fingerprint density at radius 2 is 2.28 bits per heavy atom. The number of nitrogens with zero attached hydrogens (tertiary/aromatic N) is 1. The average molecular weight is 285 g/mol. The van der Waals surface area contributed by atoms with E-state index in [4.69, 9.17) is 9.63 Å². The van der Waals surface area contributed by atoms with Gasteiger partial charge in [-0.25, -0.2) is 4.98 Å². The second-order valence-corrected chi connectivity index (χ2v) is 5.57. The van der Waals surface area contributed by atoms with Crippen molar-refractivity contribution in [2.75, 3.05) is 0 Å². The molecule has 1 heterocycles. The fourth-order valence-corrected chi connectivity index (χ4v) is 2.42. The van der Waals surface area contributed by atoms with Gasteiger partial charge in [0.15, 0.2) is 0 Å². The van der Waals surface area contributed by atoms with E-state index in [0.717, 1.165) is 22.7 Å². The Balaban J connectivity index is 2.76. The van der Waals surface area contributed by atoms with Crippen LogP contribution in [0.25, 0.3) is 6.08 Å². The van der Waals surface area contributed by atoms with Crippen molar-refractivity contribution in [2.24, 2.45) is 0 Å². The van der Waals surface area contributed by atoms with Gasteiger partial charge < -0.3 is 9.63 Å². The lowest BCUT2D eigenvalue weighted by molar-refractivity contribution is 0.281. The highest BCUT2D eigenvalue weighted by Gasteiger charge is 2.09. The number of hydrogen-bond donors (Lipinski definition) is 1. The van der Waals surface area contributed by atoms with Crippen LogP contribution in [0.1, 0.15) is 37.9 Å². The van der Waals surface area contributed by atoms with Crippen molar-refractivity contribution in [3.8, 4) is 0 Å². The van der Waals surface area contributed by atoms with Crippen LogP contribution in [0.3, 0.4) is 0 Å². The van der Waals surface area contributed by atoms with E-state index < -0.39 is 0 Å². The first kappa shape index (κ1) is 15.5. The van der Waals surface area contributed by atoms with Crippen LogP contribution >= 0.6 is 20.8 Å². The molecule has 0 saturated heterocycles. The standard InChI is InChI=1S/C13H20NO2PS/c1-9(2)4-5-12(16-17)10(3)6-11-8-18-13(7-15)14-11/h4,6,8,12,15H,5,7,17H2,1-3H3/b10-6+.